The number of rotatable bonds is 3. The molecule has 0 heterocycles. The number of halogens is 1. The molecular formula is C12H17ClN4. The number of guanidine groups is 1. The molecule has 0 aliphatic heterocycles. The Kier molecular flexibility index (Phi) is 5.49. The van der Waals surface area contributed by atoms with Crippen LogP contribution in [0.4, 0.5) is 5.69 Å². The first kappa shape index (κ1) is 13.5. The van der Waals surface area contributed by atoms with E-state index in [-0.39, 0.29) is 5.29 Å². The second-order valence-corrected chi connectivity index (χ2v) is 3.74. The van der Waals surface area contributed by atoms with Gasteiger partial charge in [-0.15, -0.1) is 0 Å². The van der Waals surface area contributed by atoms with Crippen molar-refractivity contribution in [3.05, 3.63) is 30.3 Å². The maximum atomic E-state index is 5.62. The SMILES string of the molecule is CCN(CC)C(=Nc1ccccc1)/N=C(/N)Cl. The van der Waals surface area contributed by atoms with E-state index >= 15 is 0 Å². The minimum absolute atomic E-state index is 0.00780. The van der Waals surface area contributed by atoms with Crippen molar-refractivity contribution >= 4 is 28.5 Å². The molecule has 1 aromatic rings. The highest BCUT2D eigenvalue weighted by Crippen LogP contribution is 2.12. The summed E-state index contributed by atoms with van der Waals surface area (Å²) in [6.07, 6.45) is 0. The van der Waals surface area contributed by atoms with E-state index < -0.39 is 0 Å². The molecule has 0 amide bonds. The number of amidine groups is 1. The van der Waals surface area contributed by atoms with Gasteiger partial charge in [-0.3, -0.25) is 0 Å². The molecule has 1 aromatic carbocycles. The number of hydrogen-bond donors (Lipinski definition) is 1. The predicted octanol–water partition coefficient (Wildman–Crippen LogP) is 2.57. The van der Waals surface area contributed by atoms with Gasteiger partial charge in [-0.2, -0.15) is 4.99 Å². The molecule has 0 saturated carbocycles. The third-order valence-corrected chi connectivity index (χ3v) is 2.32. The molecule has 92 valence electrons. The average Bonchev–Trinajstić information content (AvgIpc) is 2.31. The van der Waals surface area contributed by atoms with Crippen LogP contribution in [0.5, 0.6) is 0 Å². The molecule has 0 aliphatic carbocycles. The third-order valence-electron chi connectivity index (χ3n) is 2.24. The van der Waals surface area contributed by atoms with Gasteiger partial charge < -0.3 is 10.6 Å². The highest BCUT2D eigenvalue weighted by molar-refractivity contribution is 6.65. The normalized spacial score (nSPS) is 12.6. The number of para-hydroxylation sites is 1. The van der Waals surface area contributed by atoms with Gasteiger partial charge in [0.15, 0.2) is 5.29 Å². The fourth-order valence-electron chi connectivity index (χ4n) is 1.39. The van der Waals surface area contributed by atoms with Crippen molar-refractivity contribution in [2.45, 2.75) is 13.8 Å². The summed E-state index contributed by atoms with van der Waals surface area (Å²) in [5, 5.41) is -0.00780. The monoisotopic (exact) mass is 252 g/mol. The maximum Gasteiger partial charge on any atom is 0.228 e. The molecule has 5 heteroatoms. The number of aliphatic imine (C=N–C) groups is 2. The van der Waals surface area contributed by atoms with Gasteiger partial charge >= 0.3 is 0 Å². The van der Waals surface area contributed by atoms with Gasteiger partial charge in [-0.05, 0) is 37.6 Å². The van der Waals surface area contributed by atoms with Gasteiger partial charge in [0.25, 0.3) is 0 Å². The molecule has 4 nitrogen and oxygen atoms in total. The largest absolute Gasteiger partial charge is 0.374 e. The van der Waals surface area contributed by atoms with Gasteiger partial charge in [0.1, 0.15) is 0 Å². The fourth-order valence-corrected chi connectivity index (χ4v) is 1.46. The van der Waals surface area contributed by atoms with Crippen LogP contribution in [-0.2, 0) is 0 Å². The quantitative estimate of drug-likeness (QED) is 0.511. The third kappa shape index (κ3) is 4.44. The van der Waals surface area contributed by atoms with Crippen molar-refractivity contribution < 1.29 is 0 Å². The summed E-state index contributed by atoms with van der Waals surface area (Å²) in [6.45, 7) is 5.67. The highest BCUT2D eigenvalue weighted by atomic mass is 35.5. The van der Waals surface area contributed by atoms with Gasteiger partial charge in [0.2, 0.25) is 5.96 Å². The van der Waals surface area contributed by atoms with E-state index in [1.807, 2.05) is 49.1 Å². The summed E-state index contributed by atoms with van der Waals surface area (Å²) < 4.78 is 0. The molecule has 0 bridgehead atoms. The van der Waals surface area contributed by atoms with E-state index in [0.717, 1.165) is 18.8 Å². The topological polar surface area (TPSA) is 54.0 Å². The molecule has 0 fully saturated rings. The Morgan fingerprint density at radius 2 is 1.82 bits per heavy atom. The maximum absolute atomic E-state index is 5.62. The molecule has 0 atom stereocenters. The van der Waals surface area contributed by atoms with Gasteiger partial charge in [-0.25, -0.2) is 4.99 Å². The molecule has 0 saturated heterocycles. The Bertz CT molecular complexity index is 392. The van der Waals surface area contributed by atoms with Crippen LogP contribution in [-0.4, -0.2) is 29.2 Å². The predicted molar refractivity (Wildman–Crippen MR) is 73.9 cm³/mol. The first-order valence-corrected chi connectivity index (χ1v) is 5.93. The van der Waals surface area contributed by atoms with Crippen LogP contribution in [0.1, 0.15) is 13.8 Å². The number of nitrogens with two attached hydrogens (primary N) is 1. The Hall–Kier alpha value is -1.55. The molecule has 0 aliphatic rings. The minimum atomic E-state index is -0.00780. The van der Waals surface area contributed by atoms with E-state index in [2.05, 4.69) is 9.98 Å². The Morgan fingerprint density at radius 1 is 1.24 bits per heavy atom. The molecular weight excluding hydrogens is 236 g/mol. The standard InChI is InChI=1S/C12H17ClN4/c1-3-17(4-2)12(16-11(13)14)15-10-8-6-5-7-9-10/h5-9H,3-4H2,1-2H3,(H2,14,15,16). The van der Waals surface area contributed by atoms with Crippen LogP contribution in [0.25, 0.3) is 0 Å². The van der Waals surface area contributed by atoms with Gasteiger partial charge in [0, 0.05) is 13.1 Å². The van der Waals surface area contributed by atoms with Crippen molar-refractivity contribution in [1.29, 1.82) is 0 Å². The van der Waals surface area contributed by atoms with Gasteiger partial charge in [0.05, 0.1) is 5.69 Å². The molecule has 0 radical (unpaired) electrons. The van der Waals surface area contributed by atoms with Crippen LogP contribution < -0.4 is 5.73 Å². The van der Waals surface area contributed by atoms with Crippen LogP contribution >= 0.6 is 11.6 Å². The summed E-state index contributed by atoms with van der Waals surface area (Å²) in [5.74, 6) is 0.536. The van der Waals surface area contributed by atoms with Crippen molar-refractivity contribution in [1.82, 2.24) is 4.90 Å². The summed E-state index contributed by atoms with van der Waals surface area (Å²) in [7, 11) is 0. The van der Waals surface area contributed by atoms with Crippen molar-refractivity contribution in [2.24, 2.45) is 15.7 Å². The molecule has 0 unspecified atom stereocenters. The van der Waals surface area contributed by atoms with E-state index in [4.69, 9.17) is 17.3 Å². The zero-order valence-corrected chi connectivity index (χ0v) is 10.9. The summed E-state index contributed by atoms with van der Waals surface area (Å²) in [5.41, 5.74) is 6.23. The second-order valence-electron chi connectivity index (χ2n) is 3.35. The average molecular weight is 253 g/mol. The van der Waals surface area contributed by atoms with Crippen molar-refractivity contribution in [3.63, 3.8) is 0 Å². The van der Waals surface area contributed by atoms with Gasteiger partial charge in [-0.1, -0.05) is 18.2 Å². The van der Waals surface area contributed by atoms with Crippen molar-refractivity contribution in [2.75, 3.05) is 13.1 Å². The summed E-state index contributed by atoms with van der Waals surface area (Å²) >= 11 is 5.62. The van der Waals surface area contributed by atoms with E-state index in [0.29, 0.717) is 5.96 Å². The molecule has 0 spiro atoms. The summed E-state index contributed by atoms with van der Waals surface area (Å²) in [6, 6.07) is 9.60. The van der Waals surface area contributed by atoms with E-state index in [1.54, 1.807) is 0 Å². The smallest absolute Gasteiger partial charge is 0.228 e. The van der Waals surface area contributed by atoms with Crippen LogP contribution in [0.3, 0.4) is 0 Å². The number of nitrogens with zero attached hydrogens (tertiary/aromatic N) is 3. The lowest BCUT2D eigenvalue weighted by molar-refractivity contribution is 0.461. The van der Waals surface area contributed by atoms with Crippen LogP contribution in [0, 0.1) is 0 Å². The highest BCUT2D eigenvalue weighted by Gasteiger charge is 2.06. The first-order chi connectivity index (χ1) is 8.17. The molecule has 1 rings (SSSR count). The minimum Gasteiger partial charge on any atom is -0.374 e. The zero-order chi connectivity index (χ0) is 12.7. The molecule has 17 heavy (non-hydrogen) atoms. The Balaban J connectivity index is 3.06. The zero-order valence-electron chi connectivity index (χ0n) is 10.1. The second kappa shape index (κ2) is 6.91. The lowest BCUT2D eigenvalue weighted by atomic mass is 10.3. The molecule has 2 N–H and O–H groups in total. The lowest BCUT2D eigenvalue weighted by Crippen LogP contribution is -2.30. The molecule has 0 aromatic heterocycles. The number of hydrogen-bond acceptors (Lipinski definition) is 1. The Morgan fingerprint density at radius 3 is 2.29 bits per heavy atom. The number of benzene rings is 1. The first-order valence-electron chi connectivity index (χ1n) is 5.55. The van der Waals surface area contributed by atoms with Crippen LogP contribution in [0.2, 0.25) is 0 Å². The lowest BCUT2D eigenvalue weighted by Gasteiger charge is -2.19. The van der Waals surface area contributed by atoms with Crippen molar-refractivity contribution in [3.8, 4) is 0 Å². The van der Waals surface area contributed by atoms with E-state index in [1.165, 1.54) is 0 Å². The Labute approximate surface area is 107 Å². The van der Waals surface area contributed by atoms with E-state index in [9.17, 15) is 0 Å². The fraction of sp³-hybridized carbons (Fsp3) is 0.333. The summed E-state index contributed by atoms with van der Waals surface area (Å²) in [4.78, 5) is 10.5. The van der Waals surface area contributed by atoms with Crippen LogP contribution in [0.15, 0.2) is 40.3 Å².